The SMILES string of the molecule is CS(C)=O.CS(C)=O.Ic1ccc([C+]2c3ccc([n-]3)[C+](c3ccc(I)cc3)c3ccc([n-]3)[C+](c3ccc(I)cc3)c3ccc([n-]3)[C+](c3ccc(I)cc3)c3ccc2[n-]3)cc1.O=C([O-])c1cc(F)cc(F)c1.O=C([O-])c1cc(F)cc(F)c1.[Sn+2]. The Labute approximate surface area is 554 Å². The van der Waals surface area contributed by atoms with Crippen LogP contribution >= 0.6 is 90.4 Å². The quantitative estimate of drug-likeness (QED) is 0.0675. The van der Waals surface area contributed by atoms with Gasteiger partial charge in [0, 0.05) is 205 Å². The van der Waals surface area contributed by atoms with Crippen LogP contribution in [0.5, 0.6) is 0 Å². The van der Waals surface area contributed by atoms with Crippen molar-refractivity contribution >= 4 is 148 Å². The Morgan fingerprint density at radius 2 is 0.506 bits per heavy atom. The van der Waals surface area contributed by atoms with Crippen molar-refractivity contribution < 1.29 is 45.8 Å². The van der Waals surface area contributed by atoms with Crippen LogP contribution in [0.2, 0.25) is 0 Å². The first-order valence-electron chi connectivity index (χ1n) is 24.0. The standard InChI is InChI=1S/C44H24I4N4.2C7H4F2O2.2C2H6OS.Sn/c45-29-9-1-25(2-10-29)41-33-17-19-35(49-33)42(26-3-11-30(46)12-4-26)37-21-23-39(51-37)44(28-7-15-32(48)16-8-28)40-24-22-38(52-40)43(36-20-18-34(41)50-36)27-5-13-31(47)14-6-27;2*8-5-1-4(7(10)11)2-6(9)3-5;2*1-4(2)3;/h1-24H;2*1-3H,(H,10,11);2*1-2H3;/q;;;;;+2/p-2. The minimum absolute atomic E-state index is 0. The summed E-state index contributed by atoms with van der Waals surface area (Å²) in [7, 11) is -1.22. The van der Waals surface area contributed by atoms with E-state index in [2.05, 4.69) is 236 Å². The number of halogens is 8. The molecule has 83 heavy (non-hydrogen) atoms. The maximum absolute atomic E-state index is 12.3. The number of carboxylic acid groups (broad SMARTS) is 2. The average Bonchev–Trinajstić information content (AvgIpc) is 4.36. The van der Waals surface area contributed by atoms with E-state index in [1.54, 1.807) is 25.0 Å². The van der Waals surface area contributed by atoms with Gasteiger partial charge in [0.05, 0.1) is 34.2 Å². The molecule has 0 unspecified atom stereocenters. The van der Waals surface area contributed by atoms with Gasteiger partial charge >= 0.3 is 23.9 Å². The summed E-state index contributed by atoms with van der Waals surface area (Å²) >= 11 is 9.41. The van der Waals surface area contributed by atoms with Gasteiger partial charge in [-0.2, -0.15) is 0 Å². The third-order valence-corrected chi connectivity index (χ3v) is 14.2. The molecule has 6 aromatic carbocycles. The van der Waals surface area contributed by atoms with Crippen LogP contribution in [-0.4, -0.2) is 69.3 Å². The van der Waals surface area contributed by atoms with E-state index in [1.165, 1.54) is 14.3 Å². The minimum atomic E-state index is -1.59. The molecule has 0 amide bonds. The zero-order chi connectivity index (χ0) is 59.4. The first kappa shape index (κ1) is 66.7. The molecule has 1 aliphatic rings. The molecule has 0 spiro atoms. The van der Waals surface area contributed by atoms with Crippen molar-refractivity contribution in [3.63, 3.8) is 0 Å². The first-order valence-corrected chi connectivity index (χ1v) is 32.2. The second-order valence-corrected chi connectivity index (χ2v) is 25.7. The Bertz CT molecular complexity index is 3290. The number of carbonyl (C=O) groups is 2. The molecule has 418 valence electrons. The zero-order valence-corrected chi connectivity index (χ0v) is 57.0. The number of hydrogen-bond acceptors (Lipinski definition) is 6. The van der Waals surface area contributed by atoms with Gasteiger partial charge in [-0.3, -0.25) is 8.42 Å². The molecule has 2 radical (unpaired) electrons. The maximum Gasteiger partial charge on any atom is 2.00 e. The minimum Gasteiger partial charge on any atom is -0.628 e. The van der Waals surface area contributed by atoms with Crippen molar-refractivity contribution in [3.05, 3.63) is 322 Å². The molecule has 0 saturated heterocycles. The van der Waals surface area contributed by atoms with E-state index in [0.29, 0.717) is 36.4 Å². The molecular formula is C62H42F4I4N4O6S2Sn. The summed E-state index contributed by atoms with van der Waals surface area (Å²) < 4.78 is 72.8. The summed E-state index contributed by atoms with van der Waals surface area (Å²) in [5, 5.41) is 20.1. The number of carboxylic acids is 2. The topological polar surface area (TPSA) is 171 Å². The molecular weight excluding hydrogens is 1660 g/mol. The summed E-state index contributed by atoms with van der Waals surface area (Å²) in [5.41, 5.74) is 10.1. The number of rotatable bonds is 6. The van der Waals surface area contributed by atoms with Crippen LogP contribution < -0.4 is 30.1 Å². The molecule has 4 aromatic heterocycles. The fourth-order valence-corrected chi connectivity index (χ4v) is 9.52. The van der Waals surface area contributed by atoms with Crippen LogP contribution in [0.25, 0.3) is 0 Å². The number of fused-ring (bicyclic) bond motifs is 8. The fourth-order valence-electron chi connectivity index (χ4n) is 8.08. The van der Waals surface area contributed by atoms with E-state index < -0.39 is 67.9 Å². The summed E-state index contributed by atoms with van der Waals surface area (Å²) in [5.74, 6) is -2.98. The Morgan fingerprint density at radius 1 is 0.349 bits per heavy atom. The number of hydrogen-bond donors (Lipinski definition) is 0. The third-order valence-electron chi connectivity index (χ3n) is 11.3. The number of nitrogens with zero attached hydrogens (tertiary/aromatic N) is 4. The summed E-state index contributed by atoms with van der Waals surface area (Å²) in [4.78, 5) is 41.6. The molecule has 10 aromatic rings. The molecule has 0 N–H and O–H groups in total. The van der Waals surface area contributed by atoms with Gasteiger partial charge in [0.1, 0.15) is 23.3 Å². The van der Waals surface area contributed by atoms with E-state index in [4.69, 9.17) is 19.9 Å². The average molecular weight is 1710 g/mol. The van der Waals surface area contributed by atoms with Crippen LogP contribution in [-0.2, 0) is 21.6 Å². The molecule has 0 atom stereocenters. The monoisotopic (exact) mass is 1710 g/mol. The summed E-state index contributed by atoms with van der Waals surface area (Å²) in [6, 6.07) is 55.2. The molecule has 1 aliphatic heterocycles. The predicted molar refractivity (Wildman–Crippen MR) is 345 cm³/mol. The van der Waals surface area contributed by atoms with Gasteiger partial charge in [0.25, 0.3) is 0 Å². The van der Waals surface area contributed by atoms with E-state index >= 15 is 0 Å². The van der Waals surface area contributed by atoms with Crippen molar-refractivity contribution in [1.29, 1.82) is 0 Å². The Morgan fingerprint density at radius 3 is 0.651 bits per heavy atom. The van der Waals surface area contributed by atoms with Crippen molar-refractivity contribution in [2.24, 2.45) is 0 Å². The molecule has 5 heterocycles. The predicted octanol–water partition coefficient (Wildman–Crippen LogP) is 10.6. The Balaban J connectivity index is 0.000000291. The van der Waals surface area contributed by atoms with Gasteiger partial charge in [0.15, 0.2) is 0 Å². The fraction of sp³-hybridized carbons (Fsp3) is 0.0645. The van der Waals surface area contributed by atoms with E-state index in [0.717, 1.165) is 91.5 Å². The van der Waals surface area contributed by atoms with Gasteiger partial charge in [-0.25, -0.2) is 17.6 Å². The van der Waals surface area contributed by atoms with Gasteiger partial charge in [-0.1, -0.05) is 0 Å². The summed E-state index contributed by atoms with van der Waals surface area (Å²) in [6.07, 6.45) is 6.56. The van der Waals surface area contributed by atoms with Crippen molar-refractivity contribution in [2.45, 2.75) is 0 Å². The molecule has 0 saturated carbocycles. The second-order valence-electron chi connectivity index (χ2n) is 17.8. The number of aromatic nitrogens is 4. The van der Waals surface area contributed by atoms with Gasteiger partial charge in [-0.05, 0) is 209 Å². The van der Waals surface area contributed by atoms with Crippen molar-refractivity contribution in [2.75, 3.05) is 25.0 Å². The van der Waals surface area contributed by atoms with Gasteiger partial charge in [0.2, 0.25) is 0 Å². The van der Waals surface area contributed by atoms with Crippen LogP contribution in [0.4, 0.5) is 17.6 Å². The molecule has 10 nitrogen and oxygen atoms in total. The van der Waals surface area contributed by atoms with Crippen molar-refractivity contribution in [1.82, 2.24) is 19.9 Å². The molecule has 8 bridgehead atoms. The van der Waals surface area contributed by atoms with E-state index in [-0.39, 0.29) is 23.9 Å². The van der Waals surface area contributed by atoms with Gasteiger partial charge in [-0.15, -0.1) is 0 Å². The smallest absolute Gasteiger partial charge is 0.628 e. The van der Waals surface area contributed by atoms with Crippen molar-refractivity contribution in [3.8, 4) is 0 Å². The number of benzene rings is 6. The molecule has 0 aliphatic carbocycles. The molecule has 0 fully saturated rings. The van der Waals surface area contributed by atoms with E-state index in [1.807, 2.05) is 0 Å². The number of aromatic carboxylic acids is 2. The van der Waals surface area contributed by atoms with Crippen LogP contribution in [0.3, 0.4) is 0 Å². The largest absolute Gasteiger partial charge is 2.00 e. The molecule has 11 rings (SSSR count). The number of carbonyl (C=O) groups excluding carboxylic acids is 2. The summed E-state index contributed by atoms with van der Waals surface area (Å²) in [6.45, 7) is 0. The van der Waals surface area contributed by atoms with Crippen LogP contribution in [0.1, 0.15) is 88.5 Å². The van der Waals surface area contributed by atoms with Crippen LogP contribution in [0.15, 0.2) is 182 Å². The van der Waals surface area contributed by atoms with Gasteiger partial charge < -0.3 is 39.7 Å². The Kier molecular flexibility index (Phi) is 25.0. The first-order chi connectivity index (χ1) is 39.0. The third kappa shape index (κ3) is 18.8. The normalized spacial score (nSPS) is 11.4. The second kappa shape index (κ2) is 31.1. The van der Waals surface area contributed by atoms with Crippen LogP contribution in [0, 0.1) is 61.2 Å². The zero-order valence-electron chi connectivity index (χ0n) is 43.9. The Hall–Kier alpha value is -5.40. The maximum atomic E-state index is 12.3. The molecule has 21 heteroatoms. The van der Waals surface area contributed by atoms with E-state index in [9.17, 15) is 45.8 Å².